The Morgan fingerprint density at radius 1 is 1.42 bits per heavy atom. The molecule has 2 aromatic heterocycles. The maximum atomic E-state index is 5.65. The smallest absolute Gasteiger partial charge is 0.0738 e. The Labute approximate surface area is 121 Å². The Hall–Kier alpha value is -1.24. The first kappa shape index (κ1) is 14.2. The molecule has 0 saturated heterocycles. The Kier molecular flexibility index (Phi) is 4.68. The first-order valence-corrected chi connectivity index (χ1v) is 6.95. The fraction of sp³-hybridized carbons (Fsp3) is 0.385. The molecule has 0 radical (unpaired) electrons. The maximum Gasteiger partial charge on any atom is 0.0738 e. The van der Waals surface area contributed by atoms with Gasteiger partial charge in [0.05, 0.1) is 15.9 Å². The maximum absolute atomic E-state index is 5.65. The molecule has 102 valence electrons. The lowest BCUT2D eigenvalue weighted by molar-refractivity contribution is 0.500. The molecule has 0 aromatic carbocycles. The Morgan fingerprint density at radius 3 is 2.74 bits per heavy atom. The van der Waals surface area contributed by atoms with Gasteiger partial charge in [0.15, 0.2) is 0 Å². The highest BCUT2D eigenvalue weighted by atomic mass is 79.9. The van der Waals surface area contributed by atoms with Crippen LogP contribution in [0.2, 0.25) is 0 Å². The zero-order valence-electron chi connectivity index (χ0n) is 11.1. The first-order chi connectivity index (χ1) is 9.11. The van der Waals surface area contributed by atoms with Gasteiger partial charge in [-0.3, -0.25) is 20.9 Å². The Bertz CT molecular complexity index is 537. The predicted molar refractivity (Wildman–Crippen MR) is 78.4 cm³/mol. The van der Waals surface area contributed by atoms with Gasteiger partial charge in [0.1, 0.15) is 0 Å². The lowest BCUT2D eigenvalue weighted by Gasteiger charge is -2.15. The Balaban J connectivity index is 2.11. The van der Waals surface area contributed by atoms with E-state index < -0.39 is 0 Å². The second-order valence-corrected chi connectivity index (χ2v) is 5.36. The number of nitrogens with one attached hydrogen (secondary N) is 1. The number of pyridine rings is 1. The van der Waals surface area contributed by atoms with Crippen LogP contribution in [-0.4, -0.2) is 20.8 Å². The highest BCUT2D eigenvalue weighted by Gasteiger charge is 2.16. The topological polar surface area (TPSA) is 68.8 Å². The molecule has 0 spiro atoms. The van der Waals surface area contributed by atoms with E-state index >= 15 is 0 Å². The molecular weight excluding hydrogens is 306 g/mol. The van der Waals surface area contributed by atoms with Gasteiger partial charge >= 0.3 is 0 Å². The second kappa shape index (κ2) is 6.27. The summed E-state index contributed by atoms with van der Waals surface area (Å²) in [7, 11) is 1.95. The minimum atomic E-state index is 0.126. The molecule has 19 heavy (non-hydrogen) atoms. The van der Waals surface area contributed by atoms with E-state index in [9.17, 15) is 0 Å². The number of hydrogen-bond acceptors (Lipinski definition) is 4. The van der Waals surface area contributed by atoms with Gasteiger partial charge in [-0.05, 0) is 35.0 Å². The van der Waals surface area contributed by atoms with Crippen LogP contribution >= 0.6 is 15.9 Å². The van der Waals surface area contributed by atoms with Gasteiger partial charge in [0, 0.05) is 37.8 Å². The third kappa shape index (κ3) is 3.40. The van der Waals surface area contributed by atoms with Gasteiger partial charge < -0.3 is 0 Å². The average molecular weight is 324 g/mol. The van der Waals surface area contributed by atoms with E-state index in [-0.39, 0.29) is 6.04 Å². The second-order valence-electron chi connectivity index (χ2n) is 4.56. The molecule has 0 amide bonds. The van der Waals surface area contributed by atoms with Crippen LogP contribution in [0.15, 0.2) is 28.9 Å². The van der Waals surface area contributed by atoms with E-state index in [4.69, 9.17) is 5.84 Å². The number of rotatable bonds is 5. The van der Waals surface area contributed by atoms with Gasteiger partial charge in [-0.1, -0.05) is 6.07 Å². The van der Waals surface area contributed by atoms with E-state index in [1.54, 1.807) is 6.20 Å². The summed E-state index contributed by atoms with van der Waals surface area (Å²) < 4.78 is 2.94. The lowest BCUT2D eigenvalue weighted by Crippen LogP contribution is -2.39. The molecule has 0 aliphatic heterocycles. The largest absolute Gasteiger partial charge is 0.271 e. The third-order valence-corrected chi connectivity index (χ3v) is 4.15. The quantitative estimate of drug-likeness (QED) is 0.646. The standard InChI is InChI=1S/C13H18BrN5/c1-9-13(14)12(19(2)18-9)8-11(17-15)7-10-5-3-4-6-16-10/h3-6,11,17H,7-8,15H2,1-2H3. The third-order valence-electron chi connectivity index (χ3n) is 3.12. The van der Waals surface area contributed by atoms with Crippen LogP contribution in [0.5, 0.6) is 0 Å². The molecule has 1 unspecified atom stereocenters. The number of hydrogen-bond donors (Lipinski definition) is 2. The molecule has 0 aliphatic carbocycles. The van der Waals surface area contributed by atoms with Crippen LogP contribution < -0.4 is 11.3 Å². The number of aryl methyl sites for hydroxylation is 2. The molecule has 2 heterocycles. The van der Waals surface area contributed by atoms with Gasteiger partial charge in [0.2, 0.25) is 0 Å². The summed E-state index contributed by atoms with van der Waals surface area (Å²) in [5.74, 6) is 5.65. The molecule has 5 nitrogen and oxygen atoms in total. The summed E-state index contributed by atoms with van der Waals surface area (Å²) in [6.45, 7) is 1.98. The minimum absolute atomic E-state index is 0.126. The van der Waals surface area contributed by atoms with Crippen LogP contribution in [0.4, 0.5) is 0 Å². The number of aromatic nitrogens is 3. The number of hydrazine groups is 1. The van der Waals surface area contributed by atoms with Crippen molar-refractivity contribution in [2.45, 2.75) is 25.8 Å². The van der Waals surface area contributed by atoms with Crippen LogP contribution in [0.1, 0.15) is 17.1 Å². The summed E-state index contributed by atoms with van der Waals surface area (Å²) in [5.41, 5.74) is 6.02. The van der Waals surface area contributed by atoms with Crippen molar-refractivity contribution in [2.24, 2.45) is 12.9 Å². The molecule has 0 aliphatic rings. The molecule has 3 N–H and O–H groups in total. The van der Waals surface area contributed by atoms with Crippen molar-refractivity contribution < 1.29 is 0 Å². The Morgan fingerprint density at radius 2 is 2.21 bits per heavy atom. The average Bonchev–Trinajstić information content (AvgIpc) is 2.65. The number of nitrogens with two attached hydrogens (primary N) is 1. The van der Waals surface area contributed by atoms with E-state index in [2.05, 4.69) is 31.4 Å². The molecule has 6 heteroatoms. The van der Waals surface area contributed by atoms with Crippen LogP contribution in [0.3, 0.4) is 0 Å². The van der Waals surface area contributed by atoms with Crippen molar-refractivity contribution in [3.8, 4) is 0 Å². The van der Waals surface area contributed by atoms with Crippen molar-refractivity contribution in [3.05, 3.63) is 46.0 Å². The lowest BCUT2D eigenvalue weighted by atomic mass is 10.1. The molecule has 1 atom stereocenters. The van der Waals surface area contributed by atoms with Gasteiger partial charge in [0.25, 0.3) is 0 Å². The molecule has 2 aromatic rings. The van der Waals surface area contributed by atoms with E-state index in [1.807, 2.05) is 36.9 Å². The number of nitrogens with zero attached hydrogens (tertiary/aromatic N) is 3. The van der Waals surface area contributed by atoms with E-state index in [0.717, 1.165) is 34.4 Å². The van der Waals surface area contributed by atoms with Crippen LogP contribution in [0.25, 0.3) is 0 Å². The number of halogens is 1. The van der Waals surface area contributed by atoms with Crippen molar-refractivity contribution in [1.29, 1.82) is 0 Å². The predicted octanol–water partition coefficient (Wildman–Crippen LogP) is 1.50. The summed E-state index contributed by atoms with van der Waals surface area (Å²) >= 11 is 3.58. The summed E-state index contributed by atoms with van der Waals surface area (Å²) in [4.78, 5) is 4.33. The zero-order chi connectivity index (χ0) is 13.8. The van der Waals surface area contributed by atoms with Gasteiger partial charge in [-0.25, -0.2) is 0 Å². The van der Waals surface area contributed by atoms with E-state index in [0.29, 0.717) is 0 Å². The van der Waals surface area contributed by atoms with Crippen molar-refractivity contribution in [1.82, 2.24) is 20.2 Å². The van der Waals surface area contributed by atoms with Crippen molar-refractivity contribution in [3.63, 3.8) is 0 Å². The van der Waals surface area contributed by atoms with Gasteiger partial charge in [-0.2, -0.15) is 5.10 Å². The van der Waals surface area contributed by atoms with Crippen molar-refractivity contribution >= 4 is 15.9 Å². The SMILES string of the molecule is Cc1nn(C)c(CC(Cc2ccccn2)NN)c1Br. The van der Waals surface area contributed by atoms with Crippen molar-refractivity contribution in [2.75, 3.05) is 0 Å². The monoisotopic (exact) mass is 323 g/mol. The highest BCUT2D eigenvalue weighted by Crippen LogP contribution is 2.21. The molecule has 0 fully saturated rings. The first-order valence-electron chi connectivity index (χ1n) is 6.15. The van der Waals surface area contributed by atoms with Crippen LogP contribution in [0, 0.1) is 6.92 Å². The van der Waals surface area contributed by atoms with Gasteiger partial charge in [-0.15, -0.1) is 0 Å². The summed E-state index contributed by atoms with van der Waals surface area (Å²) in [5, 5.41) is 4.39. The zero-order valence-corrected chi connectivity index (χ0v) is 12.7. The minimum Gasteiger partial charge on any atom is -0.271 e. The normalized spacial score (nSPS) is 12.6. The highest BCUT2D eigenvalue weighted by molar-refractivity contribution is 9.10. The fourth-order valence-corrected chi connectivity index (χ4v) is 2.59. The molecular formula is C13H18BrN5. The van der Waals surface area contributed by atoms with Crippen LogP contribution in [-0.2, 0) is 19.9 Å². The fourth-order valence-electron chi connectivity index (χ4n) is 2.10. The summed E-state index contributed by atoms with van der Waals surface area (Å²) in [6, 6.07) is 6.03. The summed E-state index contributed by atoms with van der Waals surface area (Å²) in [6.07, 6.45) is 3.38. The van der Waals surface area contributed by atoms with E-state index in [1.165, 1.54) is 0 Å². The molecule has 0 bridgehead atoms. The molecule has 2 rings (SSSR count). The molecule has 0 saturated carbocycles.